The number of aryl methyl sites for hydroxylation is 1. The molecule has 0 saturated heterocycles. The van der Waals surface area contributed by atoms with Crippen molar-refractivity contribution in [1.29, 1.82) is 0 Å². The van der Waals surface area contributed by atoms with Gasteiger partial charge in [0.15, 0.2) is 0 Å². The van der Waals surface area contributed by atoms with Crippen molar-refractivity contribution in [2.45, 2.75) is 38.3 Å². The van der Waals surface area contributed by atoms with Crippen LogP contribution >= 0.6 is 11.6 Å². The van der Waals surface area contributed by atoms with Crippen LogP contribution in [0.15, 0.2) is 18.5 Å². The van der Waals surface area contributed by atoms with Gasteiger partial charge in [-0.2, -0.15) is 0 Å². The van der Waals surface area contributed by atoms with Crippen LogP contribution in [-0.2, 0) is 6.54 Å². The lowest BCUT2D eigenvalue weighted by molar-refractivity contribution is 0.211. The van der Waals surface area contributed by atoms with Crippen molar-refractivity contribution >= 4 is 11.6 Å². The SMILES string of the molecule is Cc1cncc(CNC2(CCl)CCC2)c1. The van der Waals surface area contributed by atoms with Gasteiger partial charge in [-0.25, -0.2) is 0 Å². The third-order valence-electron chi connectivity index (χ3n) is 3.17. The highest BCUT2D eigenvalue weighted by Crippen LogP contribution is 2.33. The van der Waals surface area contributed by atoms with Gasteiger partial charge in [-0.3, -0.25) is 4.98 Å². The van der Waals surface area contributed by atoms with Crippen LogP contribution in [0.25, 0.3) is 0 Å². The minimum atomic E-state index is 0.200. The first-order valence-electron chi connectivity index (χ1n) is 5.46. The van der Waals surface area contributed by atoms with E-state index in [-0.39, 0.29) is 5.54 Å². The minimum Gasteiger partial charge on any atom is -0.306 e. The summed E-state index contributed by atoms with van der Waals surface area (Å²) >= 11 is 5.98. The third kappa shape index (κ3) is 2.50. The molecule has 0 atom stereocenters. The molecule has 0 spiro atoms. The maximum Gasteiger partial charge on any atom is 0.0406 e. The highest BCUT2D eigenvalue weighted by atomic mass is 35.5. The van der Waals surface area contributed by atoms with Crippen LogP contribution in [0, 0.1) is 6.92 Å². The van der Waals surface area contributed by atoms with Crippen LogP contribution in [0.4, 0.5) is 0 Å². The van der Waals surface area contributed by atoms with Gasteiger partial charge in [-0.05, 0) is 37.3 Å². The second kappa shape index (κ2) is 4.50. The van der Waals surface area contributed by atoms with Crippen molar-refractivity contribution in [2.24, 2.45) is 0 Å². The zero-order chi connectivity index (χ0) is 10.7. The van der Waals surface area contributed by atoms with Crippen LogP contribution in [0.1, 0.15) is 30.4 Å². The standard InChI is InChI=1S/C12H17ClN2/c1-10-5-11(7-14-6-10)8-15-12(9-13)3-2-4-12/h5-7,15H,2-4,8-9H2,1H3. The van der Waals surface area contributed by atoms with Crippen LogP contribution < -0.4 is 5.32 Å². The lowest BCUT2D eigenvalue weighted by atomic mass is 9.78. The first-order valence-corrected chi connectivity index (χ1v) is 5.99. The predicted octanol–water partition coefficient (Wildman–Crippen LogP) is 2.64. The third-order valence-corrected chi connectivity index (χ3v) is 3.68. The largest absolute Gasteiger partial charge is 0.306 e. The van der Waals surface area contributed by atoms with E-state index in [9.17, 15) is 0 Å². The Balaban J connectivity index is 1.92. The number of rotatable bonds is 4. The lowest BCUT2D eigenvalue weighted by Crippen LogP contribution is -2.52. The number of nitrogens with one attached hydrogen (secondary N) is 1. The zero-order valence-electron chi connectivity index (χ0n) is 9.09. The Hall–Kier alpha value is -0.600. The Labute approximate surface area is 96.1 Å². The quantitative estimate of drug-likeness (QED) is 0.796. The molecular weight excluding hydrogens is 208 g/mol. The molecule has 1 saturated carbocycles. The fourth-order valence-corrected chi connectivity index (χ4v) is 2.33. The molecule has 1 aliphatic rings. The summed E-state index contributed by atoms with van der Waals surface area (Å²) in [4.78, 5) is 4.18. The first-order chi connectivity index (χ1) is 7.24. The monoisotopic (exact) mass is 224 g/mol. The van der Waals surface area contributed by atoms with Crippen molar-refractivity contribution in [3.05, 3.63) is 29.6 Å². The molecule has 1 heterocycles. The molecule has 2 nitrogen and oxygen atoms in total. The van der Waals surface area contributed by atoms with Crippen LogP contribution in [0.3, 0.4) is 0 Å². The topological polar surface area (TPSA) is 24.9 Å². The summed E-state index contributed by atoms with van der Waals surface area (Å²) in [5.41, 5.74) is 2.65. The smallest absolute Gasteiger partial charge is 0.0406 e. The van der Waals surface area contributed by atoms with Crippen molar-refractivity contribution in [3.63, 3.8) is 0 Å². The van der Waals surface area contributed by atoms with Gasteiger partial charge in [0, 0.05) is 30.4 Å². The summed E-state index contributed by atoms with van der Waals surface area (Å²) in [6.45, 7) is 2.94. The van der Waals surface area contributed by atoms with Crippen LogP contribution in [0.5, 0.6) is 0 Å². The summed E-state index contributed by atoms with van der Waals surface area (Å²) < 4.78 is 0. The molecule has 82 valence electrons. The van der Waals surface area contributed by atoms with E-state index in [0.717, 1.165) is 6.54 Å². The average molecular weight is 225 g/mol. The fraction of sp³-hybridized carbons (Fsp3) is 0.583. The maximum absolute atomic E-state index is 5.98. The molecule has 1 N–H and O–H groups in total. The van der Waals surface area contributed by atoms with Gasteiger partial charge in [-0.1, -0.05) is 6.07 Å². The average Bonchev–Trinajstić information content (AvgIpc) is 2.17. The molecule has 0 aromatic carbocycles. The molecule has 0 bridgehead atoms. The molecule has 1 fully saturated rings. The number of nitrogens with zero attached hydrogens (tertiary/aromatic N) is 1. The predicted molar refractivity (Wildman–Crippen MR) is 63.1 cm³/mol. The van der Waals surface area contributed by atoms with Crippen molar-refractivity contribution < 1.29 is 0 Å². The summed E-state index contributed by atoms with van der Waals surface area (Å²) in [5.74, 6) is 0.715. The summed E-state index contributed by atoms with van der Waals surface area (Å²) in [6, 6.07) is 2.17. The van der Waals surface area contributed by atoms with Crippen molar-refractivity contribution in [2.75, 3.05) is 5.88 Å². The zero-order valence-corrected chi connectivity index (χ0v) is 9.85. The summed E-state index contributed by atoms with van der Waals surface area (Å²) in [5, 5.41) is 3.55. The Morgan fingerprint density at radius 2 is 2.27 bits per heavy atom. The molecule has 0 unspecified atom stereocenters. The summed E-state index contributed by atoms with van der Waals surface area (Å²) in [6.07, 6.45) is 7.50. The van der Waals surface area contributed by atoms with E-state index in [1.165, 1.54) is 30.4 Å². The van der Waals surface area contributed by atoms with Gasteiger partial charge < -0.3 is 5.32 Å². The summed E-state index contributed by atoms with van der Waals surface area (Å²) in [7, 11) is 0. The van der Waals surface area contributed by atoms with Crippen molar-refractivity contribution in [1.82, 2.24) is 10.3 Å². The molecule has 0 radical (unpaired) electrons. The Bertz CT molecular complexity index is 329. The Morgan fingerprint density at radius 1 is 1.47 bits per heavy atom. The second-order valence-corrected chi connectivity index (χ2v) is 4.76. The number of halogens is 1. The molecule has 1 aromatic rings. The van der Waals surface area contributed by atoms with Gasteiger partial charge in [0.25, 0.3) is 0 Å². The molecule has 2 rings (SSSR count). The molecular formula is C12H17ClN2. The molecule has 0 amide bonds. The van der Waals surface area contributed by atoms with Crippen LogP contribution in [0.2, 0.25) is 0 Å². The van der Waals surface area contributed by atoms with E-state index in [0.29, 0.717) is 5.88 Å². The maximum atomic E-state index is 5.98. The molecule has 1 aromatic heterocycles. The van der Waals surface area contributed by atoms with E-state index >= 15 is 0 Å². The minimum absolute atomic E-state index is 0.200. The van der Waals surface area contributed by atoms with E-state index in [1.54, 1.807) is 0 Å². The Morgan fingerprint density at radius 3 is 2.80 bits per heavy atom. The molecule has 3 heteroatoms. The number of pyridine rings is 1. The normalized spacial score (nSPS) is 18.5. The van der Waals surface area contributed by atoms with Gasteiger partial charge in [0.05, 0.1) is 0 Å². The number of alkyl halides is 1. The van der Waals surface area contributed by atoms with E-state index in [2.05, 4.69) is 23.3 Å². The second-order valence-electron chi connectivity index (χ2n) is 4.49. The molecule has 0 aliphatic heterocycles. The van der Waals surface area contributed by atoms with Crippen molar-refractivity contribution in [3.8, 4) is 0 Å². The number of hydrogen-bond acceptors (Lipinski definition) is 2. The number of aromatic nitrogens is 1. The van der Waals surface area contributed by atoms with E-state index in [4.69, 9.17) is 11.6 Å². The fourth-order valence-electron chi connectivity index (χ4n) is 1.96. The molecule has 1 aliphatic carbocycles. The Kier molecular flexibility index (Phi) is 3.27. The number of hydrogen-bond donors (Lipinski definition) is 1. The highest BCUT2D eigenvalue weighted by Gasteiger charge is 2.35. The first kappa shape index (κ1) is 10.9. The van der Waals surface area contributed by atoms with E-state index < -0.39 is 0 Å². The van der Waals surface area contributed by atoms with E-state index in [1.807, 2.05) is 12.4 Å². The highest BCUT2D eigenvalue weighted by molar-refractivity contribution is 6.18. The van der Waals surface area contributed by atoms with Gasteiger partial charge in [0.1, 0.15) is 0 Å². The molecule has 15 heavy (non-hydrogen) atoms. The van der Waals surface area contributed by atoms with Gasteiger partial charge in [0.2, 0.25) is 0 Å². The van der Waals surface area contributed by atoms with Gasteiger partial charge >= 0.3 is 0 Å². The van der Waals surface area contributed by atoms with Crippen LogP contribution in [-0.4, -0.2) is 16.4 Å². The lowest BCUT2D eigenvalue weighted by Gasteiger charge is -2.41. The van der Waals surface area contributed by atoms with Gasteiger partial charge in [-0.15, -0.1) is 11.6 Å².